The fourth-order valence-electron chi connectivity index (χ4n) is 1.50. The molecule has 2 amide bonds. The molecule has 0 spiro atoms. The van der Waals surface area contributed by atoms with Gasteiger partial charge in [0.25, 0.3) is 0 Å². The zero-order valence-corrected chi connectivity index (χ0v) is 11.5. The minimum atomic E-state index is -4.93. The van der Waals surface area contributed by atoms with Crippen LogP contribution >= 0.6 is 0 Å². The summed E-state index contributed by atoms with van der Waals surface area (Å²) in [6, 6.07) is 6.31. The number of carbonyl (C=O) groups excluding carboxylic acids is 2. The molecule has 0 radical (unpaired) electrons. The van der Waals surface area contributed by atoms with Crippen LogP contribution in [0.4, 0.5) is 18.9 Å². The third-order valence-corrected chi connectivity index (χ3v) is 2.39. The Balaban J connectivity index is 2.78. The molecule has 0 bridgehead atoms. The molecule has 0 unspecified atom stereocenters. The summed E-state index contributed by atoms with van der Waals surface area (Å²) >= 11 is 0. The smallest absolute Gasteiger partial charge is 0.344 e. The molecule has 2 N–H and O–H groups in total. The molecule has 114 valence electrons. The molecule has 1 aromatic carbocycles. The van der Waals surface area contributed by atoms with E-state index in [0.29, 0.717) is 11.3 Å². The van der Waals surface area contributed by atoms with E-state index in [2.05, 4.69) is 5.32 Å². The van der Waals surface area contributed by atoms with Gasteiger partial charge in [-0.05, 0) is 25.5 Å². The van der Waals surface area contributed by atoms with Gasteiger partial charge in [-0.1, -0.05) is 23.8 Å². The molecular formula is C14H15F3N2O2. The summed E-state index contributed by atoms with van der Waals surface area (Å²) in [7, 11) is 0. The zero-order chi connectivity index (χ0) is 16.0. The summed E-state index contributed by atoms with van der Waals surface area (Å²) in [5, 5.41) is 4.32. The number of rotatable bonds is 4. The fourth-order valence-corrected chi connectivity index (χ4v) is 1.50. The van der Waals surface area contributed by atoms with Crippen LogP contribution in [0.3, 0.4) is 0 Å². The van der Waals surface area contributed by atoms with Gasteiger partial charge >= 0.3 is 12.1 Å². The van der Waals surface area contributed by atoms with E-state index in [-0.39, 0.29) is 12.5 Å². The number of alkyl halides is 3. The van der Waals surface area contributed by atoms with Crippen molar-refractivity contribution in [2.45, 2.75) is 26.6 Å². The molecule has 1 aromatic rings. The summed E-state index contributed by atoms with van der Waals surface area (Å²) in [4.78, 5) is 22.4. The summed E-state index contributed by atoms with van der Waals surface area (Å²) in [5.74, 6) is -2.41. The number of amides is 2. The number of allylic oxidation sites excluding steroid dienone is 1. The quantitative estimate of drug-likeness (QED) is 0.840. The van der Waals surface area contributed by atoms with Gasteiger partial charge in [0.05, 0.1) is 0 Å². The Bertz CT molecular complexity index is 562. The maximum Gasteiger partial charge on any atom is 0.471 e. The van der Waals surface area contributed by atoms with E-state index >= 15 is 0 Å². The Kier molecular flexibility index (Phi) is 5.52. The van der Waals surface area contributed by atoms with Crippen molar-refractivity contribution in [1.29, 1.82) is 0 Å². The molecule has 0 aliphatic heterocycles. The molecule has 1 rings (SSSR count). The predicted octanol–water partition coefficient (Wildman–Crippen LogP) is 2.77. The molecule has 0 aliphatic rings. The number of para-hydroxylation sites is 1. The first-order chi connectivity index (χ1) is 9.70. The van der Waals surface area contributed by atoms with Crippen LogP contribution in [0, 0.1) is 0 Å². The van der Waals surface area contributed by atoms with Crippen molar-refractivity contribution in [3.63, 3.8) is 0 Å². The molecule has 0 saturated heterocycles. The summed E-state index contributed by atoms with van der Waals surface area (Å²) < 4.78 is 36.3. The van der Waals surface area contributed by atoms with Crippen LogP contribution in [-0.2, 0) is 16.1 Å². The standard InChI is InChI=1S/C14H15F3N2O2/c1-9(2)7-12(20)19-11-6-4-3-5-10(11)8-18-13(21)14(15,16)17/h3-7H,8H2,1-2H3,(H,18,21)(H,19,20). The Morgan fingerprint density at radius 2 is 1.81 bits per heavy atom. The number of hydrogen-bond acceptors (Lipinski definition) is 2. The molecule has 4 nitrogen and oxygen atoms in total. The summed E-state index contributed by atoms with van der Waals surface area (Å²) in [6.45, 7) is 3.16. The zero-order valence-electron chi connectivity index (χ0n) is 11.5. The number of anilines is 1. The van der Waals surface area contributed by atoms with Crippen molar-refractivity contribution in [2.75, 3.05) is 5.32 Å². The van der Waals surface area contributed by atoms with E-state index in [9.17, 15) is 22.8 Å². The Labute approximate surface area is 120 Å². The number of halogens is 3. The number of benzene rings is 1. The van der Waals surface area contributed by atoms with Crippen LogP contribution in [0.2, 0.25) is 0 Å². The first-order valence-corrected chi connectivity index (χ1v) is 6.09. The minimum Gasteiger partial charge on any atom is -0.344 e. The van der Waals surface area contributed by atoms with E-state index in [1.54, 1.807) is 37.4 Å². The van der Waals surface area contributed by atoms with Crippen LogP contribution in [0.15, 0.2) is 35.9 Å². The van der Waals surface area contributed by atoms with Crippen molar-refractivity contribution in [1.82, 2.24) is 5.32 Å². The SMILES string of the molecule is CC(C)=CC(=O)Nc1ccccc1CNC(=O)C(F)(F)F. The van der Waals surface area contributed by atoms with Crippen LogP contribution in [0.5, 0.6) is 0 Å². The van der Waals surface area contributed by atoms with Crippen molar-refractivity contribution in [3.05, 3.63) is 41.5 Å². The lowest BCUT2D eigenvalue weighted by Crippen LogP contribution is -2.36. The maximum atomic E-state index is 12.1. The van der Waals surface area contributed by atoms with Crippen molar-refractivity contribution >= 4 is 17.5 Å². The van der Waals surface area contributed by atoms with Gasteiger partial charge in [0.1, 0.15) is 0 Å². The van der Waals surface area contributed by atoms with E-state index < -0.39 is 12.1 Å². The van der Waals surface area contributed by atoms with Crippen LogP contribution in [0.1, 0.15) is 19.4 Å². The molecule has 0 fully saturated rings. The second-order valence-corrected chi connectivity index (χ2v) is 4.55. The Morgan fingerprint density at radius 1 is 1.19 bits per heavy atom. The highest BCUT2D eigenvalue weighted by atomic mass is 19.4. The second-order valence-electron chi connectivity index (χ2n) is 4.55. The van der Waals surface area contributed by atoms with Crippen LogP contribution in [0.25, 0.3) is 0 Å². The van der Waals surface area contributed by atoms with Gasteiger partial charge in [0, 0.05) is 18.3 Å². The lowest BCUT2D eigenvalue weighted by molar-refractivity contribution is -0.173. The average Bonchev–Trinajstić information content (AvgIpc) is 2.35. The monoisotopic (exact) mass is 300 g/mol. The summed E-state index contributed by atoms with van der Waals surface area (Å²) in [6.07, 6.45) is -3.56. The van der Waals surface area contributed by atoms with Crippen molar-refractivity contribution in [2.24, 2.45) is 0 Å². The fraction of sp³-hybridized carbons (Fsp3) is 0.286. The molecule has 0 saturated carbocycles. The van der Waals surface area contributed by atoms with E-state index in [4.69, 9.17) is 0 Å². The third-order valence-electron chi connectivity index (χ3n) is 2.39. The minimum absolute atomic E-state index is 0.330. The van der Waals surface area contributed by atoms with Gasteiger partial charge < -0.3 is 10.6 Å². The molecule has 0 atom stereocenters. The summed E-state index contributed by atoms with van der Waals surface area (Å²) in [5.41, 5.74) is 1.52. The molecule has 0 aromatic heterocycles. The highest BCUT2D eigenvalue weighted by Crippen LogP contribution is 2.17. The topological polar surface area (TPSA) is 58.2 Å². The van der Waals surface area contributed by atoms with Gasteiger partial charge in [-0.3, -0.25) is 9.59 Å². The van der Waals surface area contributed by atoms with Crippen molar-refractivity contribution in [3.8, 4) is 0 Å². The maximum absolute atomic E-state index is 12.1. The van der Waals surface area contributed by atoms with Crippen molar-refractivity contribution < 1.29 is 22.8 Å². The van der Waals surface area contributed by atoms with E-state index in [0.717, 1.165) is 5.57 Å². The van der Waals surface area contributed by atoms with Gasteiger partial charge in [-0.25, -0.2) is 0 Å². The predicted molar refractivity (Wildman–Crippen MR) is 72.4 cm³/mol. The van der Waals surface area contributed by atoms with Gasteiger partial charge in [-0.15, -0.1) is 0 Å². The van der Waals surface area contributed by atoms with Gasteiger partial charge in [-0.2, -0.15) is 13.2 Å². The Hall–Kier alpha value is -2.31. The average molecular weight is 300 g/mol. The van der Waals surface area contributed by atoms with Gasteiger partial charge in [0.2, 0.25) is 5.91 Å². The lowest BCUT2D eigenvalue weighted by atomic mass is 10.1. The largest absolute Gasteiger partial charge is 0.471 e. The molecule has 0 heterocycles. The number of hydrogen-bond donors (Lipinski definition) is 2. The molecule has 21 heavy (non-hydrogen) atoms. The molecular weight excluding hydrogens is 285 g/mol. The first-order valence-electron chi connectivity index (χ1n) is 6.09. The molecule has 0 aliphatic carbocycles. The number of carbonyl (C=O) groups is 2. The Morgan fingerprint density at radius 3 is 2.38 bits per heavy atom. The lowest BCUT2D eigenvalue weighted by Gasteiger charge is -2.12. The molecule has 7 heteroatoms. The number of nitrogens with one attached hydrogen (secondary N) is 2. The third kappa shape index (κ3) is 5.68. The van der Waals surface area contributed by atoms with Gasteiger partial charge in [0.15, 0.2) is 0 Å². The van der Waals surface area contributed by atoms with Crippen LogP contribution in [-0.4, -0.2) is 18.0 Å². The highest BCUT2D eigenvalue weighted by Gasteiger charge is 2.38. The first kappa shape index (κ1) is 16.7. The van der Waals surface area contributed by atoms with Crippen LogP contribution < -0.4 is 10.6 Å². The highest BCUT2D eigenvalue weighted by molar-refractivity contribution is 6.00. The van der Waals surface area contributed by atoms with E-state index in [1.165, 1.54) is 12.1 Å². The normalized spacial score (nSPS) is 10.7. The second kappa shape index (κ2) is 6.92. The van der Waals surface area contributed by atoms with E-state index in [1.807, 2.05) is 0 Å².